The van der Waals surface area contributed by atoms with Crippen molar-refractivity contribution in [1.82, 2.24) is 19.5 Å². The van der Waals surface area contributed by atoms with Crippen molar-refractivity contribution in [2.45, 2.75) is 45.0 Å². The summed E-state index contributed by atoms with van der Waals surface area (Å²) in [6.07, 6.45) is 4.38. The first-order chi connectivity index (χ1) is 15.8. The van der Waals surface area contributed by atoms with Crippen molar-refractivity contribution in [2.75, 3.05) is 5.32 Å². The highest BCUT2D eigenvalue weighted by molar-refractivity contribution is 6.03. The van der Waals surface area contributed by atoms with E-state index in [1.807, 2.05) is 13.8 Å². The molecule has 3 aromatic rings. The minimum atomic E-state index is -0.842. The SMILES string of the molecule is CC(C)[C@H]1O[C@@H](c2ccncc2NC(=O)c2ccnc(-n3c(F)cccc3=O)n2)CC[C@@H]1O. The molecular formula is C23H24FN5O4. The number of anilines is 1. The molecule has 3 aromatic heterocycles. The molecule has 0 spiro atoms. The summed E-state index contributed by atoms with van der Waals surface area (Å²) in [6.45, 7) is 3.97. The van der Waals surface area contributed by atoms with Gasteiger partial charge in [0.15, 0.2) is 0 Å². The monoisotopic (exact) mass is 453 g/mol. The Balaban J connectivity index is 1.59. The Morgan fingerprint density at radius 3 is 2.82 bits per heavy atom. The molecule has 9 nitrogen and oxygen atoms in total. The molecule has 0 unspecified atom stereocenters. The average molecular weight is 453 g/mol. The highest BCUT2D eigenvalue weighted by Gasteiger charge is 2.33. The molecule has 4 heterocycles. The number of amides is 1. The van der Waals surface area contributed by atoms with E-state index in [4.69, 9.17) is 4.74 Å². The van der Waals surface area contributed by atoms with E-state index in [0.29, 0.717) is 23.1 Å². The molecule has 1 aliphatic rings. The van der Waals surface area contributed by atoms with E-state index in [1.54, 1.807) is 12.3 Å². The number of carbonyl (C=O) groups is 1. The molecule has 0 aliphatic carbocycles. The van der Waals surface area contributed by atoms with E-state index in [0.717, 1.165) is 11.6 Å². The zero-order valence-corrected chi connectivity index (χ0v) is 18.2. The van der Waals surface area contributed by atoms with Gasteiger partial charge in [-0.2, -0.15) is 4.39 Å². The van der Waals surface area contributed by atoms with Crippen LogP contribution in [0, 0.1) is 11.9 Å². The van der Waals surface area contributed by atoms with Gasteiger partial charge in [0, 0.05) is 24.0 Å². The van der Waals surface area contributed by atoms with Gasteiger partial charge >= 0.3 is 0 Å². The molecular weight excluding hydrogens is 429 g/mol. The van der Waals surface area contributed by atoms with Crippen molar-refractivity contribution in [3.05, 3.63) is 76.5 Å². The van der Waals surface area contributed by atoms with Gasteiger partial charge in [-0.15, -0.1) is 0 Å². The first-order valence-electron chi connectivity index (χ1n) is 10.6. The molecule has 172 valence electrons. The van der Waals surface area contributed by atoms with Crippen molar-refractivity contribution in [2.24, 2.45) is 5.92 Å². The quantitative estimate of drug-likeness (QED) is 0.570. The number of rotatable bonds is 5. The van der Waals surface area contributed by atoms with Crippen molar-refractivity contribution < 1.29 is 19.0 Å². The summed E-state index contributed by atoms with van der Waals surface area (Å²) in [6, 6.07) is 6.69. The van der Waals surface area contributed by atoms with Gasteiger partial charge in [-0.1, -0.05) is 19.9 Å². The molecule has 33 heavy (non-hydrogen) atoms. The number of halogens is 1. The summed E-state index contributed by atoms with van der Waals surface area (Å²) in [5, 5.41) is 13.0. The van der Waals surface area contributed by atoms with Crippen LogP contribution in [-0.2, 0) is 4.74 Å². The number of hydrogen-bond donors (Lipinski definition) is 2. The van der Waals surface area contributed by atoms with Gasteiger partial charge in [-0.25, -0.2) is 14.5 Å². The zero-order chi connectivity index (χ0) is 23.5. The number of aromatic nitrogens is 4. The standard InChI is InChI=1S/C23H24FN5O4/c1-13(2)21-17(30)6-7-18(33-21)14-8-10-25-12-16(14)27-22(32)15-9-11-26-23(28-15)29-19(24)4-3-5-20(29)31/h3-5,8-13,17-18,21,30H,6-7H2,1-2H3,(H,27,32)/t17-,18+,21+/m0/s1. The van der Waals surface area contributed by atoms with Crippen LogP contribution in [0.2, 0.25) is 0 Å². The molecule has 1 saturated heterocycles. The molecule has 3 atom stereocenters. The van der Waals surface area contributed by atoms with Gasteiger partial charge in [0.25, 0.3) is 11.5 Å². The number of carbonyl (C=O) groups excluding carboxylic acids is 1. The topological polar surface area (TPSA) is 119 Å². The molecule has 1 amide bonds. The highest BCUT2D eigenvalue weighted by Crippen LogP contribution is 2.37. The first-order valence-corrected chi connectivity index (χ1v) is 10.6. The molecule has 0 aromatic carbocycles. The van der Waals surface area contributed by atoms with Crippen LogP contribution in [0.5, 0.6) is 0 Å². The first kappa shape index (κ1) is 22.7. The smallest absolute Gasteiger partial charge is 0.274 e. The van der Waals surface area contributed by atoms with Crippen LogP contribution >= 0.6 is 0 Å². The Bertz CT molecular complexity index is 1220. The second-order valence-corrected chi connectivity index (χ2v) is 8.16. The van der Waals surface area contributed by atoms with Gasteiger partial charge in [-0.3, -0.25) is 14.6 Å². The Morgan fingerprint density at radius 2 is 2.06 bits per heavy atom. The lowest BCUT2D eigenvalue weighted by molar-refractivity contribution is -0.137. The summed E-state index contributed by atoms with van der Waals surface area (Å²) < 4.78 is 21.0. The summed E-state index contributed by atoms with van der Waals surface area (Å²) in [5.41, 5.74) is 0.466. The zero-order valence-electron chi connectivity index (χ0n) is 18.2. The van der Waals surface area contributed by atoms with Crippen LogP contribution in [-0.4, -0.2) is 42.7 Å². The lowest BCUT2D eigenvalue weighted by atomic mass is 9.91. The maximum atomic E-state index is 14.1. The second kappa shape index (κ2) is 9.55. The summed E-state index contributed by atoms with van der Waals surface area (Å²) in [7, 11) is 0. The Hall–Kier alpha value is -3.50. The average Bonchev–Trinajstić information content (AvgIpc) is 2.80. The predicted octanol–water partition coefficient (Wildman–Crippen LogP) is 2.65. The van der Waals surface area contributed by atoms with Gasteiger partial charge in [0.2, 0.25) is 11.9 Å². The number of hydrogen-bond acceptors (Lipinski definition) is 7. The van der Waals surface area contributed by atoms with E-state index in [1.165, 1.54) is 30.6 Å². The van der Waals surface area contributed by atoms with Crippen molar-refractivity contribution in [3.63, 3.8) is 0 Å². The Kier molecular flexibility index (Phi) is 6.57. The molecule has 2 N–H and O–H groups in total. The number of pyridine rings is 2. The fraction of sp³-hybridized carbons (Fsp3) is 0.348. The maximum Gasteiger partial charge on any atom is 0.274 e. The van der Waals surface area contributed by atoms with E-state index in [2.05, 4.69) is 20.3 Å². The second-order valence-electron chi connectivity index (χ2n) is 8.16. The van der Waals surface area contributed by atoms with E-state index in [-0.39, 0.29) is 29.8 Å². The molecule has 1 fully saturated rings. The minimum absolute atomic E-state index is 0.0509. The number of aliphatic hydroxyl groups excluding tert-OH is 1. The third kappa shape index (κ3) is 4.81. The minimum Gasteiger partial charge on any atom is -0.390 e. The molecule has 0 saturated carbocycles. The predicted molar refractivity (Wildman–Crippen MR) is 117 cm³/mol. The Labute approximate surface area is 189 Å². The third-order valence-corrected chi connectivity index (χ3v) is 5.51. The van der Waals surface area contributed by atoms with Gasteiger partial charge in [-0.05, 0) is 37.0 Å². The van der Waals surface area contributed by atoms with Crippen molar-refractivity contribution in [3.8, 4) is 5.95 Å². The summed E-state index contributed by atoms with van der Waals surface area (Å²) in [4.78, 5) is 37.0. The third-order valence-electron chi connectivity index (χ3n) is 5.51. The van der Waals surface area contributed by atoms with E-state index >= 15 is 0 Å². The number of nitrogens with zero attached hydrogens (tertiary/aromatic N) is 4. The van der Waals surface area contributed by atoms with E-state index in [9.17, 15) is 19.1 Å². The Morgan fingerprint density at radius 1 is 1.24 bits per heavy atom. The molecule has 1 aliphatic heterocycles. The summed E-state index contributed by atoms with van der Waals surface area (Å²) >= 11 is 0. The van der Waals surface area contributed by atoms with Crippen LogP contribution in [0.1, 0.15) is 48.8 Å². The molecule has 10 heteroatoms. The molecule has 4 rings (SSSR count). The lowest BCUT2D eigenvalue weighted by Crippen LogP contribution is -2.39. The molecule has 0 bridgehead atoms. The largest absolute Gasteiger partial charge is 0.390 e. The van der Waals surface area contributed by atoms with Gasteiger partial charge in [0.05, 0.1) is 30.2 Å². The van der Waals surface area contributed by atoms with Crippen LogP contribution in [0.3, 0.4) is 0 Å². The normalized spacial score (nSPS) is 20.6. The number of ether oxygens (including phenoxy) is 1. The van der Waals surface area contributed by atoms with Crippen molar-refractivity contribution in [1.29, 1.82) is 0 Å². The summed E-state index contributed by atoms with van der Waals surface area (Å²) in [5.74, 6) is -1.54. The maximum absolute atomic E-state index is 14.1. The van der Waals surface area contributed by atoms with Crippen LogP contribution in [0.25, 0.3) is 5.95 Å². The number of nitrogens with one attached hydrogen (secondary N) is 1. The van der Waals surface area contributed by atoms with E-state index < -0.39 is 23.5 Å². The fourth-order valence-electron chi connectivity index (χ4n) is 3.88. The van der Waals surface area contributed by atoms with Crippen molar-refractivity contribution >= 4 is 11.6 Å². The molecule has 0 radical (unpaired) electrons. The van der Waals surface area contributed by atoms with Crippen LogP contribution < -0.4 is 10.9 Å². The highest BCUT2D eigenvalue weighted by atomic mass is 19.1. The van der Waals surface area contributed by atoms with Crippen LogP contribution in [0.4, 0.5) is 10.1 Å². The van der Waals surface area contributed by atoms with Gasteiger partial charge < -0.3 is 15.2 Å². The van der Waals surface area contributed by atoms with Crippen LogP contribution in [0.15, 0.2) is 53.7 Å². The number of aliphatic hydroxyl groups is 1. The van der Waals surface area contributed by atoms with Gasteiger partial charge in [0.1, 0.15) is 5.69 Å². The fourth-order valence-corrected chi connectivity index (χ4v) is 3.88. The lowest BCUT2D eigenvalue weighted by Gasteiger charge is -2.37.